The smallest absolute Gasteiger partial charge is 0.240 e. The summed E-state index contributed by atoms with van der Waals surface area (Å²) >= 11 is 0. The normalized spacial score (nSPS) is 20.5. The molecule has 1 fully saturated rings. The molecule has 4 heteroatoms. The zero-order valence-electron chi connectivity index (χ0n) is 9.73. The standard InChI is InChI=1S/C12H17N3O/c1-9-7-14-5-3-10(9)8-15-6-4-11(13-2)12(15)16/h3,5,7,11,13H,4,6,8H2,1-2H3. The van der Waals surface area contributed by atoms with E-state index in [1.165, 1.54) is 5.56 Å². The van der Waals surface area contributed by atoms with Crippen molar-refractivity contribution >= 4 is 5.91 Å². The summed E-state index contributed by atoms with van der Waals surface area (Å²) in [6, 6.07) is 1.98. The average molecular weight is 219 g/mol. The van der Waals surface area contributed by atoms with Gasteiger partial charge >= 0.3 is 0 Å². The average Bonchev–Trinajstić information content (AvgIpc) is 2.63. The number of aromatic nitrogens is 1. The summed E-state index contributed by atoms with van der Waals surface area (Å²) in [5, 5.41) is 3.04. The van der Waals surface area contributed by atoms with Crippen LogP contribution in [0.15, 0.2) is 18.5 Å². The molecule has 1 amide bonds. The molecule has 0 aliphatic carbocycles. The molecule has 1 atom stereocenters. The van der Waals surface area contributed by atoms with Crippen LogP contribution in [0.4, 0.5) is 0 Å². The van der Waals surface area contributed by atoms with Crippen LogP contribution in [-0.4, -0.2) is 35.4 Å². The first kappa shape index (κ1) is 11.1. The van der Waals surface area contributed by atoms with E-state index >= 15 is 0 Å². The number of carbonyl (C=O) groups excluding carboxylic acids is 1. The van der Waals surface area contributed by atoms with Crippen LogP contribution in [0.1, 0.15) is 17.5 Å². The van der Waals surface area contributed by atoms with E-state index in [-0.39, 0.29) is 11.9 Å². The minimum absolute atomic E-state index is 0.00198. The van der Waals surface area contributed by atoms with E-state index in [9.17, 15) is 4.79 Å². The third-order valence-corrected chi connectivity index (χ3v) is 3.14. The topological polar surface area (TPSA) is 45.2 Å². The number of rotatable bonds is 3. The third-order valence-electron chi connectivity index (χ3n) is 3.14. The maximum Gasteiger partial charge on any atom is 0.240 e. The lowest BCUT2D eigenvalue weighted by molar-refractivity contribution is -0.129. The number of carbonyl (C=O) groups is 1. The number of aryl methyl sites for hydroxylation is 1. The second kappa shape index (κ2) is 4.61. The van der Waals surface area contributed by atoms with Gasteiger partial charge in [-0.15, -0.1) is 0 Å². The molecule has 1 N–H and O–H groups in total. The van der Waals surface area contributed by atoms with E-state index in [0.717, 1.165) is 18.5 Å². The second-order valence-corrected chi connectivity index (χ2v) is 4.19. The van der Waals surface area contributed by atoms with Crippen LogP contribution in [-0.2, 0) is 11.3 Å². The van der Waals surface area contributed by atoms with Crippen LogP contribution in [0, 0.1) is 6.92 Å². The van der Waals surface area contributed by atoms with E-state index in [0.29, 0.717) is 6.54 Å². The summed E-state index contributed by atoms with van der Waals surface area (Å²) < 4.78 is 0. The van der Waals surface area contributed by atoms with Gasteiger partial charge in [-0.05, 0) is 37.6 Å². The zero-order valence-corrected chi connectivity index (χ0v) is 9.73. The highest BCUT2D eigenvalue weighted by molar-refractivity contribution is 5.83. The van der Waals surface area contributed by atoms with Crippen molar-refractivity contribution < 1.29 is 4.79 Å². The van der Waals surface area contributed by atoms with Gasteiger partial charge in [-0.25, -0.2) is 0 Å². The van der Waals surface area contributed by atoms with Crippen LogP contribution < -0.4 is 5.32 Å². The largest absolute Gasteiger partial charge is 0.337 e. The van der Waals surface area contributed by atoms with Crippen molar-refractivity contribution in [2.24, 2.45) is 0 Å². The van der Waals surface area contributed by atoms with Gasteiger partial charge in [-0.3, -0.25) is 9.78 Å². The Bertz CT molecular complexity index is 392. The van der Waals surface area contributed by atoms with Crippen LogP contribution in [0.5, 0.6) is 0 Å². The number of hydrogen-bond acceptors (Lipinski definition) is 3. The Hall–Kier alpha value is -1.42. The number of nitrogens with one attached hydrogen (secondary N) is 1. The number of pyridine rings is 1. The maximum absolute atomic E-state index is 11.9. The molecule has 1 aromatic heterocycles. The van der Waals surface area contributed by atoms with Crippen molar-refractivity contribution in [3.05, 3.63) is 29.6 Å². The van der Waals surface area contributed by atoms with Crippen molar-refractivity contribution in [2.45, 2.75) is 25.9 Å². The highest BCUT2D eigenvalue weighted by Gasteiger charge is 2.30. The predicted molar refractivity (Wildman–Crippen MR) is 61.9 cm³/mol. The highest BCUT2D eigenvalue weighted by Crippen LogP contribution is 2.16. The van der Waals surface area contributed by atoms with Crippen LogP contribution in [0.25, 0.3) is 0 Å². The van der Waals surface area contributed by atoms with Gasteiger partial charge < -0.3 is 10.2 Å². The lowest BCUT2D eigenvalue weighted by atomic mass is 10.1. The minimum Gasteiger partial charge on any atom is -0.337 e. The molecule has 2 heterocycles. The number of amides is 1. The van der Waals surface area contributed by atoms with Crippen molar-refractivity contribution in [3.8, 4) is 0 Å². The van der Waals surface area contributed by atoms with Crippen molar-refractivity contribution in [3.63, 3.8) is 0 Å². The molecular weight excluding hydrogens is 202 g/mol. The molecule has 0 aromatic carbocycles. The molecule has 1 aliphatic heterocycles. The van der Waals surface area contributed by atoms with Crippen molar-refractivity contribution in [1.82, 2.24) is 15.2 Å². The lowest BCUT2D eigenvalue weighted by Crippen LogP contribution is -2.36. The number of likely N-dealkylation sites (tertiary alicyclic amines) is 1. The number of hydrogen-bond donors (Lipinski definition) is 1. The lowest BCUT2D eigenvalue weighted by Gasteiger charge is -2.17. The third kappa shape index (κ3) is 2.07. The number of nitrogens with zero attached hydrogens (tertiary/aromatic N) is 2. The fourth-order valence-electron chi connectivity index (χ4n) is 2.05. The zero-order chi connectivity index (χ0) is 11.5. The Morgan fingerprint density at radius 2 is 2.44 bits per heavy atom. The molecule has 0 radical (unpaired) electrons. The van der Waals surface area contributed by atoms with Gasteiger partial charge in [0.25, 0.3) is 0 Å². The minimum atomic E-state index is 0.00198. The molecular formula is C12H17N3O. The summed E-state index contributed by atoms with van der Waals surface area (Å²) in [5.74, 6) is 0.207. The monoisotopic (exact) mass is 219 g/mol. The second-order valence-electron chi connectivity index (χ2n) is 4.19. The van der Waals surface area contributed by atoms with E-state index in [1.807, 2.05) is 31.1 Å². The summed E-state index contributed by atoms with van der Waals surface area (Å²) in [4.78, 5) is 17.9. The molecule has 1 saturated heterocycles. The van der Waals surface area contributed by atoms with Gasteiger partial charge in [0.2, 0.25) is 5.91 Å². The van der Waals surface area contributed by atoms with Gasteiger partial charge in [-0.2, -0.15) is 0 Å². The van der Waals surface area contributed by atoms with Gasteiger partial charge in [0.1, 0.15) is 0 Å². The van der Waals surface area contributed by atoms with Gasteiger partial charge in [0.05, 0.1) is 6.04 Å². The fraction of sp³-hybridized carbons (Fsp3) is 0.500. The Labute approximate surface area is 95.7 Å². The first-order valence-corrected chi connectivity index (χ1v) is 5.58. The predicted octanol–water partition coefficient (Wildman–Crippen LogP) is 0.710. The molecule has 86 valence electrons. The number of likely N-dealkylation sites (N-methyl/N-ethyl adjacent to an activating group) is 1. The molecule has 0 bridgehead atoms. The molecule has 0 saturated carbocycles. The van der Waals surface area contributed by atoms with Gasteiger partial charge in [0.15, 0.2) is 0 Å². The van der Waals surface area contributed by atoms with Crippen molar-refractivity contribution in [1.29, 1.82) is 0 Å². The Kier molecular flexibility index (Phi) is 3.19. The quantitative estimate of drug-likeness (QED) is 0.814. The summed E-state index contributed by atoms with van der Waals surface area (Å²) in [6.07, 6.45) is 4.52. The molecule has 0 spiro atoms. The molecule has 2 rings (SSSR count). The fourth-order valence-corrected chi connectivity index (χ4v) is 2.05. The maximum atomic E-state index is 11.9. The summed E-state index contributed by atoms with van der Waals surface area (Å²) in [7, 11) is 1.84. The van der Waals surface area contributed by atoms with E-state index in [1.54, 1.807) is 6.20 Å². The molecule has 1 unspecified atom stereocenters. The SMILES string of the molecule is CNC1CCN(Cc2ccncc2C)C1=O. The van der Waals surface area contributed by atoms with Gasteiger partial charge in [0, 0.05) is 25.5 Å². The van der Waals surface area contributed by atoms with Crippen LogP contribution in [0.2, 0.25) is 0 Å². The van der Waals surface area contributed by atoms with Crippen LogP contribution in [0.3, 0.4) is 0 Å². The van der Waals surface area contributed by atoms with Gasteiger partial charge in [-0.1, -0.05) is 0 Å². The summed E-state index contributed by atoms with van der Waals surface area (Å²) in [6.45, 7) is 3.57. The Morgan fingerprint density at radius 1 is 1.62 bits per heavy atom. The molecule has 1 aromatic rings. The first-order valence-electron chi connectivity index (χ1n) is 5.58. The molecule has 4 nitrogen and oxygen atoms in total. The van der Waals surface area contributed by atoms with Crippen molar-refractivity contribution in [2.75, 3.05) is 13.6 Å². The summed E-state index contributed by atoms with van der Waals surface area (Å²) in [5.41, 5.74) is 2.32. The molecule has 1 aliphatic rings. The molecule has 16 heavy (non-hydrogen) atoms. The first-order chi connectivity index (χ1) is 7.72. The Morgan fingerprint density at radius 3 is 3.06 bits per heavy atom. The Balaban J connectivity index is 2.07. The van der Waals surface area contributed by atoms with E-state index in [4.69, 9.17) is 0 Å². The van der Waals surface area contributed by atoms with E-state index in [2.05, 4.69) is 10.3 Å². The van der Waals surface area contributed by atoms with E-state index < -0.39 is 0 Å². The van der Waals surface area contributed by atoms with Crippen LogP contribution >= 0.6 is 0 Å². The highest BCUT2D eigenvalue weighted by atomic mass is 16.2.